The van der Waals surface area contributed by atoms with E-state index in [1.807, 2.05) is 18.2 Å². The summed E-state index contributed by atoms with van der Waals surface area (Å²) in [5.74, 6) is 0.490. The molecule has 0 bridgehead atoms. The van der Waals surface area contributed by atoms with Crippen molar-refractivity contribution in [3.05, 3.63) is 43.1 Å². The lowest BCUT2D eigenvalue weighted by Crippen LogP contribution is -2.56. The van der Waals surface area contributed by atoms with E-state index in [4.69, 9.17) is 0 Å². The topological polar surface area (TPSA) is 95.2 Å². The quantitative estimate of drug-likeness (QED) is 0.653. The molecular formula is C13H10N6O2. The van der Waals surface area contributed by atoms with Gasteiger partial charge in [-0.3, -0.25) is 0 Å². The molecule has 0 fully saturated rings. The number of rotatable bonds is 1. The Morgan fingerprint density at radius 1 is 1.33 bits per heavy atom. The minimum absolute atomic E-state index is 0.104. The molecule has 0 saturated heterocycles. The molecule has 0 aliphatic carbocycles. The van der Waals surface area contributed by atoms with Crippen LogP contribution in [0, 0.1) is 0 Å². The van der Waals surface area contributed by atoms with Gasteiger partial charge in [0, 0.05) is 6.20 Å². The van der Waals surface area contributed by atoms with Crippen LogP contribution >= 0.6 is 0 Å². The van der Waals surface area contributed by atoms with E-state index in [9.17, 15) is 9.90 Å². The molecule has 4 heterocycles. The number of pyridine rings is 1. The first-order chi connectivity index (χ1) is 10.2. The second-order valence-electron chi connectivity index (χ2n) is 4.73. The van der Waals surface area contributed by atoms with Crippen molar-refractivity contribution in [2.45, 2.75) is 0 Å². The van der Waals surface area contributed by atoms with E-state index in [2.05, 4.69) is 20.4 Å². The summed E-state index contributed by atoms with van der Waals surface area (Å²) in [6, 6.07) is 5.47. The summed E-state index contributed by atoms with van der Waals surface area (Å²) in [4.78, 5) is 20.0. The molecule has 1 unspecified atom stereocenters. The second kappa shape index (κ2) is 4.00. The van der Waals surface area contributed by atoms with Crippen molar-refractivity contribution in [2.24, 2.45) is 0 Å². The highest BCUT2D eigenvalue weighted by Crippen LogP contribution is 2.43. The third-order valence-electron chi connectivity index (χ3n) is 3.72. The highest BCUT2D eigenvalue weighted by molar-refractivity contribution is 5.97. The number of carbonyl (C=O) groups excluding carboxylic acids is 1. The minimum Gasteiger partial charge on any atom is -0.498 e. The van der Waals surface area contributed by atoms with Crippen molar-refractivity contribution < 1.29 is 9.90 Å². The van der Waals surface area contributed by atoms with Gasteiger partial charge >= 0.3 is 0 Å². The first-order valence-corrected chi connectivity index (χ1v) is 6.30. The maximum Gasteiger partial charge on any atom is 0.269 e. The molecule has 1 aliphatic rings. The minimum atomic E-state index is -1.25. The Balaban J connectivity index is 2.05. The third-order valence-corrected chi connectivity index (χ3v) is 3.72. The monoisotopic (exact) mass is 282 g/mol. The Morgan fingerprint density at radius 3 is 3.10 bits per heavy atom. The second-order valence-corrected chi connectivity index (χ2v) is 4.73. The van der Waals surface area contributed by atoms with E-state index in [1.165, 1.54) is 18.7 Å². The fraction of sp³-hybridized carbons (Fsp3) is 0.0769. The highest BCUT2D eigenvalue weighted by atomic mass is 16.4. The number of carboxylic acid groups (broad SMARTS) is 1. The number of amides is 1. The SMILES string of the molecule is O=C([O-])[N+]1(c2cnn3ccccc23)CNc2ncncc21. The number of nitrogens with one attached hydrogen (secondary N) is 1. The summed E-state index contributed by atoms with van der Waals surface area (Å²) in [6.45, 7) is 0.104. The standard InChI is InChI=1S/C13H10N6O2/c20-13(21)19(8-16-12-11(19)5-14-7-15-12)10-6-17-18-4-2-1-3-9(10)18/h1-7H,8H2,(H-,14,15,16,20,21). The first kappa shape index (κ1) is 11.8. The van der Waals surface area contributed by atoms with Gasteiger partial charge in [0.2, 0.25) is 5.69 Å². The van der Waals surface area contributed by atoms with Crippen LogP contribution in [0.4, 0.5) is 22.0 Å². The Labute approximate surface area is 118 Å². The smallest absolute Gasteiger partial charge is 0.269 e. The molecule has 21 heavy (non-hydrogen) atoms. The van der Waals surface area contributed by atoms with E-state index < -0.39 is 10.6 Å². The lowest BCUT2D eigenvalue weighted by Gasteiger charge is -2.30. The van der Waals surface area contributed by atoms with E-state index in [0.717, 1.165) is 0 Å². The van der Waals surface area contributed by atoms with Crippen molar-refractivity contribution in [3.8, 4) is 0 Å². The van der Waals surface area contributed by atoms with Gasteiger partial charge < -0.3 is 15.2 Å². The zero-order valence-corrected chi connectivity index (χ0v) is 10.8. The van der Waals surface area contributed by atoms with E-state index >= 15 is 0 Å². The van der Waals surface area contributed by atoms with Crippen LogP contribution in [0.15, 0.2) is 43.1 Å². The molecular weight excluding hydrogens is 272 g/mol. The average Bonchev–Trinajstić information content (AvgIpc) is 3.09. The van der Waals surface area contributed by atoms with Crippen molar-refractivity contribution in [1.29, 1.82) is 0 Å². The summed E-state index contributed by atoms with van der Waals surface area (Å²) in [5, 5.41) is 19.2. The predicted octanol–water partition coefficient (Wildman–Crippen LogP) is 0.490. The van der Waals surface area contributed by atoms with Gasteiger partial charge in [-0.15, -0.1) is 0 Å². The molecule has 3 aromatic rings. The molecule has 0 saturated carbocycles. The maximum absolute atomic E-state index is 12.0. The summed E-state index contributed by atoms with van der Waals surface area (Å²) in [5.41, 5.74) is 1.65. The fourth-order valence-electron chi connectivity index (χ4n) is 2.71. The van der Waals surface area contributed by atoms with Crippen LogP contribution in [-0.2, 0) is 0 Å². The van der Waals surface area contributed by atoms with Gasteiger partial charge in [-0.2, -0.15) is 9.58 Å². The highest BCUT2D eigenvalue weighted by Gasteiger charge is 2.46. The van der Waals surface area contributed by atoms with Crippen molar-refractivity contribution in [2.75, 3.05) is 12.0 Å². The zero-order valence-electron chi connectivity index (χ0n) is 10.8. The van der Waals surface area contributed by atoms with Gasteiger partial charge in [0.1, 0.15) is 18.0 Å². The Kier molecular flexibility index (Phi) is 2.24. The maximum atomic E-state index is 12.0. The predicted molar refractivity (Wildman–Crippen MR) is 72.6 cm³/mol. The summed E-state index contributed by atoms with van der Waals surface area (Å²) < 4.78 is 1.10. The molecule has 4 rings (SSSR count). The Morgan fingerprint density at radius 2 is 2.24 bits per heavy atom. The van der Waals surface area contributed by atoms with E-state index in [0.29, 0.717) is 22.7 Å². The van der Waals surface area contributed by atoms with Crippen LogP contribution in [0.3, 0.4) is 0 Å². The molecule has 1 amide bonds. The van der Waals surface area contributed by atoms with Gasteiger partial charge in [-0.05, 0) is 12.1 Å². The lowest BCUT2D eigenvalue weighted by atomic mass is 10.2. The van der Waals surface area contributed by atoms with Crippen LogP contribution in [0.2, 0.25) is 0 Å². The van der Waals surface area contributed by atoms with Crippen molar-refractivity contribution in [3.63, 3.8) is 0 Å². The molecule has 1 N–H and O–H groups in total. The summed E-state index contributed by atoms with van der Waals surface area (Å²) in [6.07, 6.45) is 4.91. The number of nitrogens with zero attached hydrogens (tertiary/aromatic N) is 5. The van der Waals surface area contributed by atoms with Crippen molar-refractivity contribution in [1.82, 2.24) is 24.1 Å². The number of hydrogen-bond acceptors (Lipinski definition) is 6. The number of fused-ring (bicyclic) bond motifs is 2. The molecule has 1 aliphatic heterocycles. The summed E-state index contributed by atoms with van der Waals surface area (Å²) in [7, 11) is 0. The largest absolute Gasteiger partial charge is 0.498 e. The van der Waals surface area contributed by atoms with Crippen LogP contribution in [0.5, 0.6) is 0 Å². The molecule has 0 spiro atoms. The normalized spacial score (nSPS) is 20.2. The van der Waals surface area contributed by atoms with Gasteiger partial charge in [0.15, 0.2) is 18.2 Å². The van der Waals surface area contributed by atoms with Crippen LogP contribution in [0.25, 0.3) is 5.52 Å². The molecule has 3 aromatic heterocycles. The third kappa shape index (κ3) is 1.41. The Hall–Kier alpha value is -3.00. The number of quaternary nitrogens is 1. The molecule has 0 radical (unpaired) electrons. The van der Waals surface area contributed by atoms with Gasteiger partial charge in [0.05, 0.1) is 6.20 Å². The number of hydrogen-bond donors (Lipinski definition) is 1. The van der Waals surface area contributed by atoms with E-state index in [1.54, 1.807) is 10.7 Å². The first-order valence-electron chi connectivity index (χ1n) is 6.30. The average molecular weight is 282 g/mol. The van der Waals surface area contributed by atoms with Crippen LogP contribution in [0.1, 0.15) is 0 Å². The number of aromatic nitrogens is 4. The van der Waals surface area contributed by atoms with Crippen molar-refractivity contribution >= 4 is 28.8 Å². The zero-order chi connectivity index (χ0) is 14.4. The molecule has 8 heteroatoms. The van der Waals surface area contributed by atoms with Gasteiger partial charge in [-0.25, -0.2) is 14.5 Å². The van der Waals surface area contributed by atoms with Gasteiger partial charge in [0.25, 0.3) is 6.09 Å². The van der Waals surface area contributed by atoms with Crippen LogP contribution < -0.4 is 14.9 Å². The molecule has 1 atom stereocenters. The molecule has 104 valence electrons. The molecule has 8 nitrogen and oxygen atoms in total. The van der Waals surface area contributed by atoms with Crippen LogP contribution in [-0.4, -0.2) is 32.3 Å². The lowest BCUT2D eigenvalue weighted by molar-refractivity contribution is -0.260. The fourth-order valence-corrected chi connectivity index (χ4v) is 2.71. The molecule has 0 aromatic carbocycles. The summed E-state index contributed by atoms with van der Waals surface area (Å²) >= 11 is 0. The number of carbonyl (C=O) groups is 1. The van der Waals surface area contributed by atoms with Gasteiger partial charge in [-0.1, -0.05) is 6.07 Å². The number of anilines is 1. The Bertz CT molecular complexity index is 860. The van der Waals surface area contributed by atoms with E-state index in [-0.39, 0.29) is 6.67 Å².